The molecule has 0 aliphatic heterocycles. The van der Waals surface area contributed by atoms with Gasteiger partial charge in [-0.1, -0.05) is 6.92 Å². The van der Waals surface area contributed by atoms with Gasteiger partial charge < -0.3 is 4.42 Å². The Labute approximate surface area is 96.4 Å². The first-order valence-electron chi connectivity index (χ1n) is 6.07. The van der Waals surface area contributed by atoms with Gasteiger partial charge in [0.25, 0.3) is 0 Å². The molecule has 1 fully saturated rings. The van der Waals surface area contributed by atoms with Crippen molar-refractivity contribution in [3.8, 4) is 0 Å². The molecule has 0 aromatic carbocycles. The second kappa shape index (κ2) is 5.30. The van der Waals surface area contributed by atoms with Gasteiger partial charge in [0, 0.05) is 18.9 Å². The third kappa shape index (κ3) is 2.73. The van der Waals surface area contributed by atoms with Crippen LogP contribution in [0, 0.1) is 0 Å². The fourth-order valence-electron chi connectivity index (χ4n) is 2.39. The van der Waals surface area contributed by atoms with Crippen molar-refractivity contribution < 1.29 is 9.21 Å². The molecule has 0 unspecified atom stereocenters. The zero-order chi connectivity index (χ0) is 11.4. The Kier molecular flexibility index (Phi) is 3.78. The van der Waals surface area contributed by atoms with Gasteiger partial charge >= 0.3 is 0 Å². The number of rotatable bonds is 4. The highest BCUT2D eigenvalue weighted by molar-refractivity contribution is 5.79. The predicted molar refractivity (Wildman–Crippen MR) is 62.1 cm³/mol. The summed E-state index contributed by atoms with van der Waals surface area (Å²) in [6.07, 6.45) is 5.23. The van der Waals surface area contributed by atoms with Crippen LogP contribution >= 0.6 is 0 Å². The molecule has 16 heavy (non-hydrogen) atoms. The summed E-state index contributed by atoms with van der Waals surface area (Å²) in [5.74, 6) is 1.43. The van der Waals surface area contributed by atoms with Crippen molar-refractivity contribution >= 4 is 5.78 Å². The molecule has 0 radical (unpaired) electrons. The molecule has 1 aliphatic carbocycles. The molecule has 0 N–H and O–H groups in total. The fourth-order valence-corrected chi connectivity index (χ4v) is 2.39. The van der Waals surface area contributed by atoms with Crippen LogP contribution in [0.5, 0.6) is 0 Å². The van der Waals surface area contributed by atoms with Gasteiger partial charge in [-0.3, -0.25) is 9.69 Å². The van der Waals surface area contributed by atoms with E-state index in [1.54, 1.807) is 6.26 Å². The van der Waals surface area contributed by atoms with Crippen LogP contribution < -0.4 is 0 Å². The molecule has 3 heteroatoms. The monoisotopic (exact) mass is 221 g/mol. The Morgan fingerprint density at radius 2 is 2.19 bits per heavy atom. The van der Waals surface area contributed by atoms with E-state index in [4.69, 9.17) is 4.42 Å². The lowest BCUT2D eigenvalue weighted by molar-refractivity contribution is -0.121. The van der Waals surface area contributed by atoms with E-state index in [0.29, 0.717) is 11.8 Å². The van der Waals surface area contributed by atoms with Crippen LogP contribution in [0.2, 0.25) is 0 Å². The van der Waals surface area contributed by atoms with Crippen molar-refractivity contribution in [1.82, 2.24) is 4.90 Å². The van der Waals surface area contributed by atoms with Crippen molar-refractivity contribution in [2.45, 2.75) is 45.2 Å². The first-order chi connectivity index (χ1) is 7.79. The summed E-state index contributed by atoms with van der Waals surface area (Å²) in [4.78, 5) is 13.6. The van der Waals surface area contributed by atoms with Crippen LogP contribution in [-0.4, -0.2) is 23.3 Å². The number of nitrogens with zero attached hydrogens (tertiary/aromatic N) is 1. The van der Waals surface area contributed by atoms with Crippen molar-refractivity contribution in [3.05, 3.63) is 24.2 Å². The van der Waals surface area contributed by atoms with Crippen LogP contribution in [0.4, 0.5) is 0 Å². The molecule has 1 aromatic heterocycles. The number of carbonyl (C=O) groups is 1. The van der Waals surface area contributed by atoms with Crippen LogP contribution in [0.1, 0.15) is 38.4 Å². The summed E-state index contributed by atoms with van der Waals surface area (Å²) >= 11 is 0. The average molecular weight is 221 g/mol. The van der Waals surface area contributed by atoms with Gasteiger partial charge in [0.15, 0.2) is 0 Å². The molecule has 3 nitrogen and oxygen atoms in total. The largest absolute Gasteiger partial charge is 0.468 e. The summed E-state index contributed by atoms with van der Waals surface area (Å²) in [6.45, 7) is 4.04. The summed E-state index contributed by atoms with van der Waals surface area (Å²) in [7, 11) is 0. The number of Topliss-reactive ketones (excluding diaryl/α,β-unsaturated/α-hetero) is 1. The normalized spacial score (nSPS) is 18.2. The smallest absolute Gasteiger partial charge is 0.133 e. The van der Waals surface area contributed by atoms with E-state index in [1.165, 1.54) is 0 Å². The van der Waals surface area contributed by atoms with Crippen LogP contribution in [0.15, 0.2) is 22.8 Å². The number of furan rings is 1. The Hall–Kier alpha value is -1.09. The van der Waals surface area contributed by atoms with E-state index >= 15 is 0 Å². The van der Waals surface area contributed by atoms with E-state index in [0.717, 1.165) is 44.5 Å². The summed E-state index contributed by atoms with van der Waals surface area (Å²) in [6, 6.07) is 4.48. The number of ketones is 1. The topological polar surface area (TPSA) is 33.5 Å². The predicted octanol–water partition coefficient (Wildman–Crippen LogP) is 2.61. The molecular weight excluding hydrogens is 202 g/mol. The van der Waals surface area contributed by atoms with Gasteiger partial charge in [-0.25, -0.2) is 0 Å². The van der Waals surface area contributed by atoms with Crippen molar-refractivity contribution in [2.24, 2.45) is 0 Å². The second-order valence-electron chi connectivity index (χ2n) is 4.41. The first-order valence-corrected chi connectivity index (χ1v) is 6.07. The highest BCUT2D eigenvalue weighted by Crippen LogP contribution is 2.22. The minimum atomic E-state index is 0.422. The van der Waals surface area contributed by atoms with Gasteiger partial charge in [-0.05, 0) is 31.5 Å². The molecule has 1 aromatic rings. The summed E-state index contributed by atoms with van der Waals surface area (Å²) < 4.78 is 5.37. The Morgan fingerprint density at radius 3 is 2.75 bits per heavy atom. The highest BCUT2D eigenvalue weighted by Gasteiger charge is 2.23. The quantitative estimate of drug-likeness (QED) is 0.783. The Morgan fingerprint density at radius 1 is 1.44 bits per heavy atom. The lowest BCUT2D eigenvalue weighted by atomic mass is 9.93. The standard InChI is InChI=1S/C13H19NO2/c1-2-14(10-13-4-3-9-16-13)11-5-7-12(15)8-6-11/h3-4,9,11H,2,5-8,10H2,1H3. The molecule has 1 aliphatic rings. The maximum atomic E-state index is 11.2. The minimum absolute atomic E-state index is 0.422. The lowest BCUT2D eigenvalue weighted by Crippen LogP contribution is -2.37. The molecule has 2 rings (SSSR count). The molecule has 0 spiro atoms. The molecule has 88 valence electrons. The van der Waals surface area contributed by atoms with Gasteiger partial charge in [0.1, 0.15) is 11.5 Å². The van der Waals surface area contributed by atoms with Crippen molar-refractivity contribution in [3.63, 3.8) is 0 Å². The molecule has 0 amide bonds. The third-order valence-corrected chi connectivity index (χ3v) is 3.37. The fraction of sp³-hybridized carbons (Fsp3) is 0.615. The van der Waals surface area contributed by atoms with Crippen molar-refractivity contribution in [1.29, 1.82) is 0 Å². The third-order valence-electron chi connectivity index (χ3n) is 3.37. The number of carbonyl (C=O) groups excluding carboxylic acids is 1. The van der Waals surface area contributed by atoms with Gasteiger partial charge in [-0.15, -0.1) is 0 Å². The maximum Gasteiger partial charge on any atom is 0.133 e. The Balaban J connectivity index is 1.92. The van der Waals surface area contributed by atoms with Gasteiger partial charge in [0.05, 0.1) is 12.8 Å². The summed E-state index contributed by atoms with van der Waals surface area (Å²) in [5.41, 5.74) is 0. The minimum Gasteiger partial charge on any atom is -0.468 e. The molecule has 0 atom stereocenters. The van der Waals surface area contributed by atoms with Crippen LogP contribution in [0.25, 0.3) is 0 Å². The number of hydrogen-bond acceptors (Lipinski definition) is 3. The van der Waals surface area contributed by atoms with E-state index in [-0.39, 0.29) is 0 Å². The zero-order valence-electron chi connectivity index (χ0n) is 9.82. The highest BCUT2D eigenvalue weighted by atomic mass is 16.3. The zero-order valence-corrected chi connectivity index (χ0v) is 9.82. The SMILES string of the molecule is CCN(Cc1ccco1)C1CCC(=O)CC1. The molecule has 1 heterocycles. The van der Waals surface area contributed by atoms with Gasteiger partial charge in [-0.2, -0.15) is 0 Å². The average Bonchev–Trinajstić information content (AvgIpc) is 2.80. The van der Waals surface area contributed by atoms with E-state index < -0.39 is 0 Å². The van der Waals surface area contributed by atoms with E-state index in [9.17, 15) is 4.79 Å². The number of hydrogen-bond donors (Lipinski definition) is 0. The molecule has 0 saturated heterocycles. The Bertz CT molecular complexity index is 322. The van der Waals surface area contributed by atoms with Crippen molar-refractivity contribution in [2.75, 3.05) is 6.54 Å². The van der Waals surface area contributed by atoms with Crippen LogP contribution in [-0.2, 0) is 11.3 Å². The molecule has 0 bridgehead atoms. The summed E-state index contributed by atoms with van der Waals surface area (Å²) in [5, 5.41) is 0. The van der Waals surface area contributed by atoms with Gasteiger partial charge in [0.2, 0.25) is 0 Å². The first kappa shape index (κ1) is 11.4. The maximum absolute atomic E-state index is 11.2. The lowest BCUT2D eigenvalue weighted by Gasteiger charge is -2.32. The van der Waals surface area contributed by atoms with E-state index in [2.05, 4.69) is 11.8 Å². The van der Waals surface area contributed by atoms with E-state index in [1.807, 2.05) is 12.1 Å². The molecular formula is C13H19NO2. The molecule has 1 saturated carbocycles. The van der Waals surface area contributed by atoms with Crippen LogP contribution in [0.3, 0.4) is 0 Å². The second-order valence-corrected chi connectivity index (χ2v) is 4.41.